The van der Waals surface area contributed by atoms with E-state index < -0.39 is 5.91 Å². The number of nitrogens with one attached hydrogen (secondary N) is 2. The molecule has 4 N–H and O–H groups in total. The first-order valence-corrected chi connectivity index (χ1v) is 7.55. The Hall–Kier alpha value is -2.67. The minimum Gasteiger partial charge on any atom is -0.366 e. The van der Waals surface area contributed by atoms with E-state index >= 15 is 0 Å². The largest absolute Gasteiger partial charge is 0.366 e. The third-order valence-electron chi connectivity index (χ3n) is 3.56. The van der Waals surface area contributed by atoms with Crippen molar-refractivity contribution in [3.63, 3.8) is 0 Å². The average Bonchev–Trinajstić information content (AvgIpc) is 2.96. The predicted molar refractivity (Wildman–Crippen MR) is 89.9 cm³/mol. The standard InChI is InChI=1S/C16H20N6O/c1-10(2)7-18-16-19-8-13-15(21-16)22(9-20-13)12-5-3-11(4-6-12)14(17)23/h3-6,8-10,16,18,21H,7H2,1-2H3,(H2,17,23). The van der Waals surface area contributed by atoms with E-state index in [1.54, 1.807) is 24.7 Å². The third-order valence-corrected chi connectivity index (χ3v) is 3.56. The second kappa shape index (κ2) is 6.21. The van der Waals surface area contributed by atoms with Gasteiger partial charge in [-0.15, -0.1) is 0 Å². The van der Waals surface area contributed by atoms with Crippen LogP contribution < -0.4 is 16.4 Å². The highest BCUT2D eigenvalue weighted by molar-refractivity contribution is 5.93. The molecule has 1 aliphatic heterocycles. The Morgan fingerprint density at radius 3 is 2.78 bits per heavy atom. The average molecular weight is 312 g/mol. The van der Waals surface area contributed by atoms with Gasteiger partial charge in [0, 0.05) is 17.8 Å². The first-order chi connectivity index (χ1) is 11.0. The van der Waals surface area contributed by atoms with Crippen LogP contribution in [0, 0.1) is 5.92 Å². The molecule has 120 valence electrons. The van der Waals surface area contributed by atoms with E-state index in [0.717, 1.165) is 23.7 Å². The molecular weight excluding hydrogens is 292 g/mol. The lowest BCUT2D eigenvalue weighted by atomic mass is 10.2. The minimum atomic E-state index is -0.438. The van der Waals surface area contributed by atoms with Gasteiger partial charge in [0.1, 0.15) is 17.8 Å². The van der Waals surface area contributed by atoms with Crippen molar-refractivity contribution in [2.45, 2.75) is 20.1 Å². The summed E-state index contributed by atoms with van der Waals surface area (Å²) < 4.78 is 1.93. The Balaban J connectivity index is 1.83. The van der Waals surface area contributed by atoms with Gasteiger partial charge in [0.15, 0.2) is 6.29 Å². The number of benzene rings is 1. The number of aliphatic imine (C=N–C) groups is 1. The molecule has 1 amide bonds. The van der Waals surface area contributed by atoms with Crippen LogP contribution in [0.4, 0.5) is 5.82 Å². The Labute approximate surface area is 134 Å². The summed E-state index contributed by atoms with van der Waals surface area (Å²) in [6.45, 7) is 5.16. The molecule has 0 saturated heterocycles. The summed E-state index contributed by atoms with van der Waals surface area (Å²) in [5.74, 6) is 0.972. The SMILES string of the molecule is CC(C)CNC1N=Cc2ncn(-c3ccc(C(N)=O)cc3)c2N1. The molecule has 0 spiro atoms. The van der Waals surface area contributed by atoms with Gasteiger partial charge >= 0.3 is 0 Å². The maximum absolute atomic E-state index is 11.2. The molecule has 1 aliphatic rings. The molecule has 0 aliphatic carbocycles. The Kier molecular flexibility index (Phi) is 4.12. The highest BCUT2D eigenvalue weighted by Crippen LogP contribution is 2.22. The molecule has 0 bridgehead atoms. The second-order valence-electron chi connectivity index (χ2n) is 5.89. The van der Waals surface area contributed by atoms with Crippen molar-refractivity contribution in [3.05, 3.63) is 41.9 Å². The molecule has 1 unspecified atom stereocenters. The zero-order valence-electron chi connectivity index (χ0n) is 13.2. The first kappa shape index (κ1) is 15.2. The van der Waals surface area contributed by atoms with Crippen LogP contribution in [0.2, 0.25) is 0 Å². The van der Waals surface area contributed by atoms with Crippen LogP contribution >= 0.6 is 0 Å². The number of hydrogen-bond acceptors (Lipinski definition) is 5. The van der Waals surface area contributed by atoms with Crippen LogP contribution in [-0.4, -0.2) is 34.5 Å². The number of amides is 1. The minimum absolute atomic E-state index is 0.176. The molecule has 7 heteroatoms. The zero-order valence-corrected chi connectivity index (χ0v) is 13.2. The van der Waals surface area contributed by atoms with Crippen molar-refractivity contribution < 1.29 is 4.79 Å². The number of aromatic nitrogens is 2. The van der Waals surface area contributed by atoms with E-state index in [2.05, 4.69) is 34.5 Å². The molecular formula is C16H20N6O. The number of carbonyl (C=O) groups is 1. The molecule has 7 nitrogen and oxygen atoms in total. The number of nitrogens with zero attached hydrogens (tertiary/aromatic N) is 3. The summed E-state index contributed by atoms with van der Waals surface area (Å²) >= 11 is 0. The van der Waals surface area contributed by atoms with Gasteiger partial charge in [0.05, 0.1) is 6.21 Å². The van der Waals surface area contributed by atoms with Crippen LogP contribution in [0.15, 0.2) is 35.6 Å². The lowest BCUT2D eigenvalue weighted by Crippen LogP contribution is -2.39. The molecule has 1 aromatic heterocycles. The smallest absolute Gasteiger partial charge is 0.248 e. The topological polar surface area (TPSA) is 97.3 Å². The number of nitrogens with two attached hydrogens (primary N) is 1. The van der Waals surface area contributed by atoms with Gasteiger partial charge in [-0.2, -0.15) is 0 Å². The van der Waals surface area contributed by atoms with Crippen molar-refractivity contribution >= 4 is 17.9 Å². The summed E-state index contributed by atoms with van der Waals surface area (Å²) in [4.78, 5) is 19.9. The third kappa shape index (κ3) is 3.24. The van der Waals surface area contributed by atoms with E-state index in [1.165, 1.54) is 0 Å². The van der Waals surface area contributed by atoms with Gasteiger partial charge in [-0.3, -0.25) is 19.7 Å². The lowest BCUT2D eigenvalue weighted by Gasteiger charge is -2.22. The van der Waals surface area contributed by atoms with E-state index in [9.17, 15) is 4.79 Å². The molecule has 0 saturated carbocycles. The zero-order chi connectivity index (χ0) is 16.4. The molecule has 3 rings (SSSR count). The van der Waals surface area contributed by atoms with E-state index in [0.29, 0.717) is 11.5 Å². The maximum atomic E-state index is 11.2. The molecule has 0 radical (unpaired) electrons. The fourth-order valence-corrected chi connectivity index (χ4v) is 2.35. The van der Waals surface area contributed by atoms with E-state index in [-0.39, 0.29) is 6.29 Å². The van der Waals surface area contributed by atoms with Gasteiger partial charge in [0.2, 0.25) is 5.91 Å². The molecule has 2 aromatic rings. The van der Waals surface area contributed by atoms with E-state index in [4.69, 9.17) is 5.73 Å². The van der Waals surface area contributed by atoms with Crippen molar-refractivity contribution in [1.29, 1.82) is 0 Å². The quantitative estimate of drug-likeness (QED) is 0.776. The highest BCUT2D eigenvalue weighted by Gasteiger charge is 2.19. The summed E-state index contributed by atoms with van der Waals surface area (Å²) in [6.07, 6.45) is 3.32. The number of carbonyl (C=O) groups excluding carboxylic acids is 1. The Morgan fingerprint density at radius 2 is 2.13 bits per heavy atom. The summed E-state index contributed by atoms with van der Waals surface area (Å²) in [5.41, 5.74) is 7.43. The van der Waals surface area contributed by atoms with Crippen LogP contribution in [0.1, 0.15) is 29.9 Å². The summed E-state index contributed by atoms with van der Waals surface area (Å²) in [5, 5.41) is 6.68. The first-order valence-electron chi connectivity index (χ1n) is 7.55. The van der Waals surface area contributed by atoms with Gasteiger partial charge < -0.3 is 11.1 Å². The van der Waals surface area contributed by atoms with Crippen molar-refractivity contribution in [2.75, 3.05) is 11.9 Å². The Bertz CT molecular complexity index is 732. The second-order valence-corrected chi connectivity index (χ2v) is 5.89. The van der Waals surface area contributed by atoms with Crippen LogP contribution in [0.5, 0.6) is 0 Å². The number of imidazole rings is 1. The fraction of sp³-hybridized carbons (Fsp3) is 0.312. The lowest BCUT2D eigenvalue weighted by molar-refractivity contribution is 0.100. The van der Waals surface area contributed by atoms with Gasteiger partial charge in [-0.1, -0.05) is 13.8 Å². The number of fused-ring (bicyclic) bond motifs is 1. The summed E-state index contributed by atoms with van der Waals surface area (Å²) in [7, 11) is 0. The number of anilines is 1. The predicted octanol–water partition coefficient (Wildman–Crippen LogP) is 1.34. The molecule has 23 heavy (non-hydrogen) atoms. The molecule has 1 atom stereocenters. The Morgan fingerprint density at radius 1 is 1.39 bits per heavy atom. The number of rotatable bonds is 5. The van der Waals surface area contributed by atoms with Crippen molar-refractivity contribution in [2.24, 2.45) is 16.6 Å². The molecule has 1 aromatic carbocycles. The molecule has 0 fully saturated rings. The van der Waals surface area contributed by atoms with Crippen LogP contribution in [-0.2, 0) is 0 Å². The number of primary amides is 1. The summed E-state index contributed by atoms with van der Waals surface area (Å²) in [6, 6.07) is 7.09. The highest BCUT2D eigenvalue weighted by atomic mass is 16.1. The van der Waals surface area contributed by atoms with E-state index in [1.807, 2.05) is 16.7 Å². The van der Waals surface area contributed by atoms with Gasteiger partial charge in [0.25, 0.3) is 0 Å². The van der Waals surface area contributed by atoms with Crippen molar-refractivity contribution in [1.82, 2.24) is 14.9 Å². The van der Waals surface area contributed by atoms with Crippen molar-refractivity contribution in [3.8, 4) is 5.69 Å². The molecule has 2 heterocycles. The maximum Gasteiger partial charge on any atom is 0.248 e. The van der Waals surface area contributed by atoms with Crippen LogP contribution in [0.25, 0.3) is 5.69 Å². The van der Waals surface area contributed by atoms with Gasteiger partial charge in [-0.05, 0) is 30.2 Å². The normalized spacial score (nSPS) is 16.2. The number of hydrogen-bond donors (Lipinski definition) is 3. The van der Waals surface area contributed by atoms with Gasteiger partial charge in [-0.25, -0.2) is 4.98 Å². The fourth-order valence-electron chi connectivity index (χ4n) is 2.35. The van der Waals surface area contributed by atoms with Crippen LogP contribution in [0.3, 0.4) is 0 Å². The monoisotopic (exact) mass is 312 g/mol.